The van der Waals surface area contributed by atoms with Gasteiger partial charge in [0.1, 0.15) is 5.00 Å². The highest BCUT2D eigenvalue weighted by Gasteiger charge is 2.21. The van der Waals surface area contributed by atoms with Gasteiger partial charge < -0.3 is 15.4 Å². The van der Waals surface area contributed by atoms with Crippen LogP contribution in [0.2, 0.25) is 0 Å². The molecule has 2 aromatic rings. The first-order valence-corrected chi connectivity index (χ1v) is 10.3. The largest absolute Gasteiger partial charge is 0.379 e. The molecule has 2 N–H and O–H groups in total. The molecule has 2 amide bonds. The average molecular weight is 387 g/mol. The number of hydrogen-bond acceptors (Lipinski definition) is 4. The van der Waals surface area contributed by atoms with Crippen molar-refractivity contribution >= 4 is 28.2 Å². The van der Waals surface area contributed by atoms with Gasteiger partial charge in [-0.15, -0.1) is 11.3 Å². The molecule has 1 aromatic carbocycles. The van der Waals surface area contributed by atoms with E-state index >= 15 is 0 Å². The summed E-state index contributed by atoms with van der Waals surface area (Å²) in [6.45, 7) is 5.98. The van der Waals surface area contributed by atoms with E-state index < -0.39 is 0 Å². The summed E-state index contributed by atoms with van der Waals surface area (Å²) < 4.78 is 5.52. The van der Waals surface area contributed by atoms with Gasteiger partial charge in [0.05, 0.1) is 12.2 Å². The van der Waals surface area contributed by atoms with Gasteiger partial charge >= 0.3 is 0 Å². The van der Waals surface area contributed by atoms with Crippen LogP contribution in [0, 0.1) is 5.92 Å². The smallest absolute Gasteiger partial charge is 0.256 e. The number of thiophene rings is 1. The standard InChI is InChI=1S/C21H26N2O3S/c1-14(2)16-5-7-17(8-6-16)19(24)23-21-18(9-12-27-21)20(25)22-10-11-26-13-15-3-4-15/h5-9,12,14-15H,3-4,10-11,13H2,1-2H3,(H,22,25)(H,23,24). The van der Waals surface area contributed by atoms with Gasteiger partial charge in [0.25, 0.3) is 11.8 Å². The van der Waals surface area contributed by atoms with Gasteiger partial charge in [-0.25, -0.2) is 0 Å². The van der Waals surface area contributed by atoms with Crippen LogP contribution in [-0.2, 0) is 4.74 Å². The summed E-state index contributed by atoms with van der Waals surface area (Å²) in [5.74, 6) is 0.725. The van der Waals surface area contributed by atoms with Crippen molar-refractivity contribution in [2.24, 2.45) is 5.92 Å². The molecule has 1 aliphatic rings. The Labute approximate surface area is 164 Å². The molecule has 3 rings (SSSR count). The summed E-state index contributed by atoms with van der Waals surface area (Å²) in [7, 11) is 0. The number of anilines is 1. The molecule has 0 radical (unpaired) electrons. The maximum atomic E-state index is 12.5. The summed E-state index contributed by atoms with van der Waals surface area (Å²) in [6.07, 6.45) is 2.51. The first-order chi connectivity index (χ1) is 13.0. The molecule has 0 atom stereocenters. The molecule has 0 unspecified atom stereocenters. The fraction of sp³-hybridized carbons (Fsp3) is 0.429. The predicted octanol–water partition coefficient (Wildman–Crippen LogP) is 4.28. The Hall–Kier alpha value is -2.18. The Morgan fingerprint density at radius 1 is 1.15 bits per heavy atom. The quantitative estimate of drug-likeness (QED) is 0.632. The van der Waals surface area contributed by atoms with Crippen molar-refractivity contribution in [3.05, 3.63) is 52.4 Å². The van der Waals surface area contributed by atoms with Crippen LogP contribution in [0.1, 0.15) is 58.9 Å². The molecule has 0 aliphatic heterocycles. The van der Waals surface area contributed by atoms with Crippen molar-refractivity contribution < 1.29 is 14.3 Å². The Morgan fingerprint density at radius 3 is 2.56 bits per heavy atom. The number of nitrogens with one attached hydrogen (secondary N) is 2. The van der Waals surface area contributed by atoms with Crippen molar-refractivity contribution in [1.29, 1.82) is 0 Å². The van der Waals surface area contributed by atoms with Gasteiger partial charge in [0, 0.05) is 18.7 Å². The number of ether oxygens (including phenoxy) is 1. The van der Waals surface area contributed by atoms with E-state index in [1.54, 1.807) is 11.4 Å². The van der Waals surface area contributed by atoms with Crippen LogP contribution < -0.4 is 10.6 Å². The van der Waals surface area contributed by atoms with Crippen LogP contribution in [0.3, 0.4) is 0 Å². The van der Waals surface area contributed by atoms with Crippen molar-refractivity contribution in [3.8, 4) is 0 Å². The van der Waals surface area contributed by atoms with Crippen LogP contribution in [-0.4, -0.2) is 31.6 Å². The lowest BCUT2D eigenvalue weighted by atomic mass is 10.0. The van der Waals surface area contributed by atoms with Crippen molar-refractivity contribution in [1.82, 2.24) is 5.32 Å². The number of carbonyl (C=O) groups is 2. The Bertz CT molecular complexity index is 779. The van der Waals surface area contributed by atoms with Crippen LogP contribution >= 0.6 is 11.3 Å². The van der Waals surface area contributed by atoms with E-state index in [1.165, 1.54) is 29.7 Å². The molecule has 27 heavy (non-hydrogen) atoms. The fourth-order valence-corrected chi connectivity index (χ4v) is 3.43. The molecule has 144 valence electrons. The molecular weight excluding hydrogens is 360 g/mol. The highest BCUT2D eigenvalue weighted by molar-refractivity contribution is 7.14. The number of benzene rings is 1. The average Bonchev–Trinajstić information content (AvgIpc) is 3.37. The second-order valence-electron chi connectivity index (χ2n) is 7.17. The number of hydrogen-bond donors (Lipinski definition) is 2. The maximum Gasteiger partial charge on any atom is 0.256 e. The number of rotatable bonds is 9. The van der Waals surface area contributed by atoms with E-state index in [2.05, 4.69) is 24.5 Å². The van der Waals surface area contributed by atoms with E-state index in [1.807, 2.05) is 24.3 Å². The summed E-state index contributed by atoms with van der Waals surface area (Å²) in [6, 6.07) is 9.28. The van der Waals surface area contributed by atoms with Crippen LogP contribution in [0.5, 0.6) is 0 Å². The third-order valence-electron chi connectivity index (χ3n) is 4.56. The minimum Gasteiger partial charge on any atom is -0.379 e. The summed E-state index contributed by atoms with van der Waals surface area (Å²) in [4.78, 5) is 24.8. The molecule has 0 bridgehead atoms. The second-order valence-corrected chi connectivity index (χ2v) is 8.08. The molecule has 1 heterocycles. The van der Waals surface area contributed by atoms with Crippen molar-refractivity contribution in [2.45, 2.75) is 32.6 Å². The molecule has 5 nitrogen and oxygen atoms in total. The third-order valence-corrected chi connectivity index (χ3v) is 5.39. The minimum atomic E-state index is -0.213. The molecule has 1 aromatic heterocycles. The van der Waals surface area contributed by atoms with Crippen molar-refractivity contribution in [3.63, 3.8) is 0 Å². The molecule has 0 spiro atoms. The molecule has 0 saturated heterocycles. The molecule has 6 heteroatoms. The van der Waals surface area contributed by atoms with Crippen LogP contribution in [0.15, 0.2) is 35.7 Å². The monoisotopic (exact) mass is 386 g/mol. The second kappa shape index (κ2) is 9.15. The van der Waals surface area contributed by atoms with E-state index in [0.29, 0.717) is 41.1 Å². The lowest BCUT2D eigenvalue weighted by Crippen LogP contribution is -2.28. The first kappa shape index (κ1) is 19.6. The number of amides is 2. The normalized spacial score (nSPS) is 13.6. The molecule has 1 aliphatic carbocycles. The van der Waals surface area contributed by atoms with E-state index in [9.17, 15) is 9.59 Å². The van der Waals surface area contributed by atoms with Gasteiger partial charge in [0.2, 0.25) is 0 Å². The Balaban J connectivity index is 1.52. The highest BCUT2D eigenvalue weighted by Crippen LogP contribution is 2.28. The van der Waals surface area contributed by atoms with Crippen molar-refractivity contribution in [2.75, 3.05) is 25.1 Å². The van der Waals surface area contributed by atoms with E-state index in [0.717, 1.165) is 6.61 Å². The van der Waals surface area contributed by atoms with Crippen LogP contribution in [0.25, 0.3) is 0 Å². The highest BCUT2D eigenvalue weighted by atomic mass is 32.1. The minimum absolute atomic E-state index is 0.197. The summed E-state index contributed by atoms with van der Waals surface area (Å²) >= 11 is 1.34. The van der Waals surface area contributed by atoms with Gasteiger partial charge in [-0.2, -0.15) is 0 Å². The fourth-order valence-electron chi connectivity index (χ4n) is 2.65. The van der Waals surface area contributed by atoms with Gasteiger partial charge in [-0.05, 0) is 53.8 Å². The lowest BCUT2D eigenvalue weighted by Gasteiger charge is -2.09. The molecule has 1 fully saturated rings. The zero-order chi connectivity index (χ0) is 19.2. The Kier molecular flexibility index (Phi) is 6.63. The molecule has 1 saturated carbocycles. The summed E-state index contributed by atoms with van der Waals surface area (Å²) in [5, 5.41) is 8.05. The van der Waals surface area contributed by atoms with E-state index in [-0.39, 0.29) is 11.8 Å². The zero-order valence-electron chi connectivity index (χ0n) is 15.8. The maximum absolute atomic E-state index is 12.5. The zero-order valence-corrected chi connectivity index (χ0v) is 16.6. The van der Waals surface area contributed by atoms with Gasteiger partial charge in [0.15, 0.2) is 0 Å². The lowest BCUT2D eigenvalue weighted by molar-refractivity contribution is 0.0907. The Morgan fingerprint density at radius 2 is 1.89 bits per heavy atom. The topological polar surface area (TPSA) is 67.4 Å². The number of carbonyl (C=O) groups excluding carboxylic acids is 2. The molecular formula is C21H26N2O3S. The third kappa shape index (κ3) is 5.65. The van der Waals surface area contributed by atoms with E-state index in [4.69, 9.17) is 4.74 Å². The van der Waals surface area contributed by atoms with Gasteiger partial charge in [-0.3, -0.25) is 9.59 Å². The SMILES string of the molecule is CC(C)c1ccc(C(=O)Nc2sccc2C(=O)NCCOCC2CC2)cc1. The van der Waals surface area contributed by atoms with Gasteiger partial charge in [-0.1, -0.05) is 26.0 Å². The summed E-state index contributed by atoms with van der Waals surface area (Å²) in [5.41, 5.74) is 2.24. The van der Waals surface area contributed by atoms with Crippen LogP contribution in [0.4, 0.5) is 5.00 Å². The predicted molar refractivity (Wildman–Crippen MR) is 109 cm³/mol. The first-order valence-electron chi connectivity index (χ1n) is 9.39.